The molecule has 0 radical (unpaired) electrons. The van der Waals surface area contributed by atoms with Gasteiger partial charge in [-0.1, -0.05) is 23.7 Å². The minimum absolute atomic E-state index is 0.0204. The third-order valence-corrected chi connectivity index (χ3v) is 4.71. The molecule has 1 aliphatic heterocycles. The highest BCUT2D eigenvalue weighted by Crippen LogP contribution is 2.28. The number of rotatable bonds is 4. The van der Waals surface area contributed by atoms with E-state index in [2.05, 4.69) is 5.32 Å². The summed E-state index contributed by atoms with van der Waals surface area (Å²) in [7, 11) is 0. The zero-order valence-electron chi connectivity index (χ0n) is 15.7. The van der Waals surface area contributed by atoms with Crippen LogP contribution in [0.4, 0.5) is 5.69 Å². The lowest BCUT2D eigenvalue weighted by molar-refractivity contribution is -0.122. The van der Waals surface area contributed by atoms with E-state index < -0.39 is 11.8 Å². The number of halogens is 1. The number of benzene rings is 2. The lowest BCUT2D eigenvalue weighted by atomic mass is 10.1. The van der Waals surface area contributed by atoms with Gasteiger partial charge < -0.3 is 4.74 Å². The Balaban J connectivity index is 2.00. The lowest BCUT2D eigenvalue weighted by Gasteiger charge is -2.29. The maximum atomic E-state index is 13.1. The topological polar surface area (TPSA) is 58.6 Å². The van der Waals surface area contributed by atoms with E-state index in [1.165, 1.54) is 11.0 Å². The Hall–Kier alpha value is -2.70. The highest BCUT2D eigenvalue weighted by atomic mass is 35.5. The summed E-state index contributed by atoms with van der Waals surface area (Å²) in [4.78, 5) is 26.8. The van der Waals surface area contributed by atoms with Crippen molar-refractivity contribution < 1.29 is 14.3 Å². The molecule has 1 aliphatic rings. The molecule has 0 unspecified atom stereocenters. The zero-order chi connectivity index (χ0) is 20.4. The summed E-state index contributed by atoms with van der Waals surface area (Å²) in [6.07, 6.45) is 1.50. The Morgan fingerprint density at radius 1 is 1.14 bits per heavy atom. The summed E-state index contributed by atoms with van der Waals surface area (Å²) in [6, 6.07) is 10.8. The zero-order valence-corrected chi connectivity index (χ0v) is 17.3. The number of nitrogens with one attached hydrogen (secondary N) is 1. The molecule has 7 heteroatoms. The average molecular weight is 415 g/mol. The predicted molar refractivity (Wildman–Crippen MR) is 115 cm³/mol. The number of ether oxygens (including phenoxy) is 1. The second-order valence-corrected chi connectivity index (χ2v) is 7.22. The minimum atomic E-state index is -0.541. The van der Waals surface area contributed by atoms with Gasteiger partial charge in [-0.3, -0.25) is 19.8 Å². The minimum Gasteiger partial charge on any atom is -0.492 e. The molecule has 0 atom stereocenters. The van der Waals surface area contributed by atoms with E-state index in [-0.39, 0.29) is 10.7 Å². The summed E-state index contributed by atoms with van der Waals surface area (Å²) >= 11 is 11.5. The molecule has 1 fully saturated rings. The van der Waals surface area contributed by atoms with E-state index in [0.717, 1.165) is 11.1 Å². The van der Waals surface area contributed by atoms with Crippen LogP contribution in [-0.4, -0.2) is 23.5 Å². The molecule has 0 bridgehead atoms. The number of nitrogens with zero attached hydrogens (tertiary/aromatic N) is 1. The number of hydrogen-bond acceptors (Lipinski definition) is 4. The van der Waals surface area contributed by atoms with E-state index in [4.69, 9.17) is 28.6 Å². The van der Waals surface area contributed by atoms with Crippen LogP contribution in [0.3, 0.4) is 0 Å². The lowest BCUT2D eigenvalue weighted by Crippen LogP contribution is -2.54. The second-order valence-electron chi connectivity index (χ2n) is 6.43. The SMILES string of the molecule is CCOc1ccc(/C=C2\C(=O)NC(=S)N(c3cc(C)cc(C)c3)C2=O)cc1Cl. The number of carbonyl (C=O) groups is 2. The molecule has 5 nitrogen and oxygen atoms in total. The third-order valence-electron chi connectivity index (χ3n) is 4.13. The quantitative estimate of drug-likeness (QED) is 0.463. The van der Waals surface area contributed by atoms with Gasteiger partial charge in [-0.15, -0.1) is 0 Å². The first-order chi connectivity index (χ1) is 13.3. The Labute approximate surface area is 173 Å². The maximum Gasteiger partial charge on any atom is 0.270 e. The third kappa shape index (κ3) is 4.08. The molecule has 1 N–H and O–H groups in total. The number of anilines is 1. The summed E-state index contributed by atoms with van der Waals surface area (Å²) < 4.78 is 5.41. The Kier molecular flexibility index (Phi) is 5.82. The molecule has 0 aromatic heterocycles. The van der Waals surface area contributed by atoms with Crippen molar-refractivity contribution in [3.63, 3.8) is 0 Å². The van der Waals surface area contributed by atoms with Crippen LogP contribution in [0.5, 0.6) is 5.75 Å². The fourth-order valence-corrected chi connectivity index (χ4v) is 3.54. The molecule has 1 saturated heterocycles. The molecule has 28 heavy (non-hydrogen) atoms. The van der Waals surface area contributed by atoms with E-state index >= 15 is 0 Å². The van der Waals surface area contributed by atoms with Crippen molar-refractivity contribution in [2.45, 2.75) is 20.8 Å². The van der Waals surface area contributed by atoms with Crippen molar-refractivity contribution in [3.8, 4) is 5.75 Å². The molecule has 0 spiro atoms. The van der Waals surface area contributed by atoms with Crippen molar-refractivity contribution in [2.75, 3.05) is 11.5 Å². The van der Waals surface area contributed by atoms with Crippen molar-refractivity contribution >= 4 is 52.5 Å². The van der Waals surface area contributed by atoms with Crippen LogP contribution < -0.4 is 15.0 Å². The first kappa shape index (κ1) is 20.0. The molecule has 0 saturated carbocycles. The molecule has 3 rings (SSSR count). The van der Waals surface area contributed by atoms with Gasteiger partial charge in [0.2, 0.25) is 0 Å². The van der Waals surface area contributed by atoms with Crippen molar-refractivity contribution in [3.05, 3.63) is 63.7 Å². The van der Waals surface area contributed by atoms with Crippen LogP contribution in [0.1, 0.15) is 23.6 Å². The fourth-order valence-electron chi connectivity index (χ4n) is 3.02. The monoisotopic (exact) mass is 414 g/mol. The normalized spacial score (nSPS) is 15.8. The van der Waals surface area contributed by atoms with Gasteiger partial charge in [-0.2, -0.15) is 0 Å². The summed E-state index contributed by atoms with van der Waals surface area (Å²) in [6.45, 7) is 6.22. The van der Waals surface area contributed by atoms with E-state index in [9.17, 15) is 9.59 Å². The van der Waals surface area contributed by atoms with E-state index in [0.29, 0.717) is 28.6 Å². The van der Waals surface area contributed by atoms with Crippen molar-refractivity contribution in [2.24, 2.45) is 0 Å². The number of carbonyl (C=O) groups excluding carboxylic acids is 2. The van der Waals surface area contributed by atoms with Crippen molar-refractivity contribution in [1.29, 1.82) is 0 Å². The van der Waals surface area contributed by atoms with Crippen molar-refractivity contribution in [1.82, 2.24) is 5.32 Å². The molecule has 144 valence electrons. The molecule has 2 aromatic rings. The summed E-state index contributed by atoms with van der Waals surface area (Å²) in [5, 5.41) is 3.05. The Morgan fingerprint density at radius 3 is 2.43 bits per heavy atom. The number of thiocarbonyl (C=S) groups is 1. The van der Waals surface area contributed by atoms with Crippen LogP contribution in [0.25, 0.3) is 6.08 Å². The number of hydrogen-bond donors (Lipinski definition) is 1. The molecule has 2 amide bonds. The first-order valence-electron chi connectivity index (χ1n) is 8.72. The number of amides is 2. The standard InChI is InChI=1S/C21H19ClN2O3S/c1-4-27-18-6-5-14(11-17(18)22)10-16-19(25)23-21(28)24(20(16)26)15-8-12(2)7-13(3)9-15/h5-11H,4H2,1-3H3,(H,23,25,28)/b16-10+. The van der Waals surface area contributed by atoms with Gasteiger partial charge in [0.1, 0.15) is 11.3 Å². The molecule has 0 aliphatic carbocycles. The van der Waals surface area contributed by atoms with Crippen LogP contribution in [0.2, 0.25) is 5.02 Å². The predicted octanol–water partition coefficient (Wildman–Crippen LogP) is 4.19. The largest absolute Gasteiger partial charge is 0.492 e. The average Bonchev–Trinajstić information content (AvgIpc) is 2.60. The summed E-state index contributed by atoms with van der Waals surface area (Å²) in [5.41, 5.74) is 3.19. The van der Waals surface area contributed by atoms with Gasteiger partial charge in [0.15, 0.2) is 5.11 Å². The van der Waals surface area contributed by atoms with Crippen LogP contribution in [0.15, 0.2) is 42.0 Å². The Bertz CT molecular complexity index is 996. The van der Waals surface area contributed by atoms with E-state index in [1.807, 2.05) is 39.0 Å². The first-order valence-corrected chi connectivity index (χ1v) is 9.51. The second kappa shape index (κ2) is 8.12. The highest BCUT2D eigenvalue weighted by Gasteiger charge is 2.34. The number of aryl methyl sites for hydroxylation is 2. The highest BCUT2D eigenvalue weighted by molar-refractivity contribution is 7.80. The van der Waals surface area contributed by atoms with Crippen LogP contribution in [-0.2, 0) is 9.59 Å². The molecular weight excluding hydrogens is 396 g/mol. The van der Waals surface area contributed by atoms with Gasteiger partial charge in [0.25, 0.3) is 11.8 Å². The van der Waals surface area contributed by atoms with Gasteiger partial charge in [0, 0.05) is 0 Å². The van der Waals surface area contributed by atoms with Gasteiger partial charge >= 0.3 is 0 Å². The van der Waals surface area contributed by atoms with Crippen LogP contribution >= 0.6 is 23.8 Å². The summed E-state index contributed by atoms with van der Waals surface area (Å²) in [5.74, 6) is -0.479. The molecule has 1 heterocycles. The molecule has 2 aromatic carbocycles. The fraction of sp³-hybridized carbons (Fsp3) is 0.190. The van der Waals surface area contributed by atoms with Gasteiger partial charge in [-0.05, 0) is 80.0 Å². The smallest absolute Gasteiger partial charge is 0.270 e. The Morgan fingerprint density at radius 2 is 1.82 bits per heavy atom. The van der Waals surface area contributed by atoms with E-state index in [1.54, 1.807) is 18.2 Å². The maximum absolute atomic E-state index is 13.1. The van der Waals surface area contributed by atoms with Gasteiger partial charge in [-0.25, -0.2) is 0 Å². The molecular formula is C21H19ClN2O3S. The van der Waals surface area contributed by atoms with Crippen LogP contribution in [0, 0.1) is 13.8 Å². The van der Waals surface area contributed by atoms with Gasteiger partial charge in [0.05, 0.1) is 17.3 Å².